The van der Waals surface area contributed by atoms with E-state index in [1.54, 1.807) is 24.4 Å². The summed E-state index contributed by atoms with van der Waals surface area (Å²) in [5.74, 6) is -0.987. The highest BCUT2D eigenvalue weighted by molar-refractivity contribution is 6.30. The molecule has 22 heavy (non-hydrogen) atoms. The molecule has 1 aromatic carbocycles. The maximum Gasteiger partial charge on any atom is 0.244 e. The number of amides is 1. The summed E-state index contributed by atoms with van der Waals surface area (Å²) in [5.41, 5.74) is 0.994. The molecule has 0 spiro atoms. The van der Waals surface area contributed by atoms with E-state index in [-0.39, 0.29) is 17.5 Å². The van der Waals surface area contributed by atoms with Crippen LogP contribution >= 0.6 is 11.6 Å². The van der Waals surface area contributed by atoms with Crippen molar-refractivity contribution in [3.05, 3.63) is 70.8 Å². The minimum atomic E-state index is -1.01. The summed E-state index contributed by atoms with van der Waals surface area (Å²) in [6.07, 6.45) is 3.48. The SMILES string of the molecule is O=C(/C=C/c1ccccn1)NCC(O)c1ccc(Cl)c(F)c1. The number of rotatable bonds is 5. The molecule has 114 valence electrons. The standard InChI is InChI=1S/C16H14ClFN2O2/c17-13-6-4-11(9-14(13)18)15(21)10-20-16(22)7-5-12-3-1-2-8-19-12/h1-9,15,21H,10H2,(H,20,22)/b7-5+. The number of aromatic nitrogens is 1. The van der Waals surface area contributed by atoms with Crippen molar-refractivity contribution in [3.8, 4) is 0 Å². The molecule has 0 bridgehead atoms. The van der Waals surface area contributed by atoms with E-state index >= 15 is 0 Å². The molecule has 1 atom stereocenters. The molecule has 2 N–H and O–H groups in total. The lowest BCUT2D eigenvalue weighted by molar-refractivity contribution is -0.116. The molecular weight excluding hydrogens is 307 g/mol. The lowest BCUT2D eigenvalue weighted by atomic mass is 10.1. The van der Waals surface area contributed by atoms with Crippen molar-refractivity contribution >= 4 is 23.6 Å². The van der Waals surface area contributed by atoms with E-state index in [2.05, 4.69) is 10.3 Å². The Labute approximate surface area is 132 Å². The minimum Gasteiger partial charge on any atom is -0.387 e. The van der Waals surface area contributed by atoms with Crippen LogP contribution in [-0.4, -0.2) is 22.5 Å². The van der Waals surface area contributed by atoms with Crippen molar-refractivity contribution in [2.45, 2.75) is 6.10 Å². The first kappa shape index (κ1) is 16.1. The molecule has 0 radical (unpaired) electrons. The molecule has 1 amide bonds. The van der Waals surface area contributed by atoms with Crippen molar-refractivity contribution in [2.24, 2.45) is 0 Å². The van der Waals surface area contributed by atoms with E-state index in [0.717, 1.165) is 6.07 Å². The van der Waals surface area contributed by atoms with Crippen LogP contribution in [0.5, 0.6) is 0 Å². The summed E-state index contributed by atoms with van der Waals surface area (Å²) in [6.45, 7) is -0.0353. The molecular formula is C16H14ClFN2O2. The second kappa shape index (κ2) is 7.68. The summed E-state index contributed by atoms with van der Waals surface area (Å²) in [6, 6.07) is 9.35. The van der Waals surface area contributed by atoms with Crippen LogP contribution in [0.1, 0.15) is 17.4 Å². The summed E-state index contributed by atoms with van der Waals surface area (Å²) in [5, 5.41) is 12.4. The molecule has 0 fully saturated rings. The number of halogens is 2. The van der Waals surface area contributed by atoms with Gasteiger partial charge in [-0.1, -0.05) is 23.7 Å². The monoisotopic (exact) mass is 320 g/mol. The summed E-state index contributed by atoms with van der Waals surface area (Å²) in [4.78, 5) is 15.7. The van der Waals surface area contributed by atoms with Gasteiger partial charge in [-0.15, -0.1) is 0 Å². The fourth-order valence-electron chi connectivity index (χ4n) is 1.73. The molecule has 1 unspecified atom stereocenters. The minimum absolute atomic E-state index is 0.0155. The average molecular weight is 321 g/mol. The molecule has 1 aromatic heterocycles. The van der Waals surface area contributed by atoms with E-state index in [4.69, 9.17) is 11.6 Å². The van der Waals surface area contributed by atoms with Gasteiger partial charge in [0.1, 0.15) is 5.82 Å². The van der Waals surface area contributed by atoms with E-state index < -0.39 is 11.9 Å². The summed E-state index contributed by atoms with van der Waals surface area (Å²) in [7, 11) is 0. The van der Waals surface area contributed by atoms with Crippen molar-refractivity contribution < 1.29 is 14.3 Å². The number of hydrogen-bond donors (Lipinski definition) is 2. The van der Waals surface area contributed by atoms with Crippen LogP contribution in [0.2, 0.25) is 5.02 Å². The summed E-state index contributed by atoms with van der Waals surface area (Å²) < 4.78 is 13.3. The first-order valence-corrected chi connectivity index (χ1v) is 6.94. The Bertz CT molecular complexity index is 677. The second-order valence-corrected chi connectivity index (χ2v) is 4.93. The van der Waals surface area contributed by atoms with E-state index in [9.17, 15) is 14.3 Å². The number of benzene rings is 1. The van der Waals surface area contributed by atoms with Crippen molar-refractivity contribution in [3.63, 3.8) is 0 Å². The third kappa shape index (κ3) is 4.65. The topological polar surface area (TPSA) is 62.2 Å². The maximum absolute atomic E-state index is 13.3. The number of pyridine rings is 1. The quantitative estimate of drug-likeness (QED) is 0.833. The van der Waals surface area contributed by atoms with Crippen molar-refractivity contribution in [1.29, 1.82) is 0 Å². The van der Waals surface area contributed by atoms with Gasteiger partial charge in [0.15, 0.2) is 0 Å². The van der Waals surface area contributed by atoms with Gasteiger partial charge in [0.2, 0.25) is 5.91 Å². The number of carbonyl (C=O) groups excluding carboxylic acids is 1. The van der Waals surface area contributed by atoms with Crippen molar-refractivity contribution in [1.82, 2.24) is 10.3 Å². The van der Waals surface area contributed by atoms with Gasteiger partial charge in [-0.25, -0.2) is 4.39 Å². The Morgan fingerprint density at radius 2 is 2.23 bits per heavy atom. The first-order valence-electron chi connectivity index (χ1n) is 6.56. The predicted octanol–water partition coefficient (Wildman–Crippen LogP) is 2.74. The van der Waals surface area contributed by atoms with Gasteiger partial charge in [0, 0.05) is 18.8 Å². The number of aliphatic hydroxyl groups excluding tert-OH is 1. The molecule has 6 heteroatoms. The molecule has 0 aliphatic rings. The van der Waals surface area contributed by atoms with Crippen LogP contribution in [0, 0.1) is 5.82 Å². The third-order valence-corrected chi connectivity index (χ3v) is 3.20. The van der Waals surface area contributed by atoms with Gasteiger partial charge in [0.05, 0.1) is 16.8 Å². The van der Waals surface area contributed by atoms with E-state index in [1.807, 2.05) is 6.07 Å². The predicted molar refractivity (Wildman–Crippen MR) is 82.7 cm³/mol. The highest BCUT2D eigenvalue weighted by Crippen LogP contribution is 2.19. The van der Waals surface area contributed by atoms with E-state index in [1.165, 1.54) is 18.2 Å². The smallest absolute Gasteiger partial charge is 0.244 e. The molecule has 0 saturated heterocycles. The van der Waals surface area contributed by atoms with Crippen LogP contribution in [0.15, 0.2) is 48.7 Å². The van der Waals surface area contributed by atoms with Gasteiger partial charge in [-0.05, 0) is 35.9 Å². The molecule has 1 heterocycles. The zero-order valence-corrected chi connectivity index (χ0v) is 12.3. The Kier molecular flexibility index (Phi) is 5.63. The number of aliphatic hydroxyl groups is 1. The van der Waals surface area contributed by atoms with Crippen LogP contribution in [0.3, 0.4) is 0 Å². The lowest BCUT2D eigenvalue weighted by Crippen LogP contribution is -2.26. The maximum atomic E-state index is 13.3. The van der Waals surface area contributed by atoms with Crippen LogP contribution in [-0.2, 0) is 4.79 Å². The largest absolute Gasteiger partial charge is 0.387 e. The van der Waals surface area contributed by atoms with Crippen LogP contribution in [0.25, 0.3) is 6.08 Å². The highest BCUT2D eigenvalue weighted by Gasteiger charge is 2.10. The number of hydrogen-bond acceptors (Lipinski definition) is 3. The number of nitrogens with one attached hydrogen (secondary N) is 1. The zero-order valence-electron chi connectivity index (χ0n) is 11.5. The first-order chi connectivity index (χ1) is 10.6. The molecule has 2 rings (SSSR count). The van der Waals surface area contributed by atoms with E-state index in [0.29, 0.717) is 11.3 Å². The molecule has 0 saturated carbocycles. The van der Waals surface area contributed by atoms with Gasteiger partial charge < -0.3 is 10.4 Å². The lowest BCUT2D eigenvalue weighted by Gasteiger charge is -2.11. The Balaban J connectivity index is 1.87. The molecule has 2 aromatic rings. The highest BCUT2D eigenvalue weighted by atomic mass is 35.5. The second-order valence-electron chi connectivity index (χ2n) is 4.52. The van der Waals surface area contributed by atoms with Crippen LogP contribution in [0.4, 0.5) is 4.39 Å². The molecule has 0 aliphatic carbocycles. The summed E-state index contributed by atoms with van der Waals surface area (Å²) >= 11 is 5.57. The Morgan fingerprint density at radius 3 is 2.91 bits per heavy atom. The molecule has 4 nitrogen and oxygen atoms in total. The normalized spacial score (nSPS) is 12.3. The third-order valence-electron chi connectivity index (χ3n) is 2.89. The van der Waals surface area contributed by atoms with Gasteiger partial charge in [-0.2, -0.15) is 0 Å². The fraction of sp³-hybridized carbons (Fsp3) is 0.125. The van der Waals surface area contributed by atoms with Crippen LogP contribution < -0.4 is 5.32 Å². The van der Waals surface area contributed by atoms with Gasteiger partial charge >= 0.3 is 0 Å². The number of nitrogens with zero attached hydrogens (tertiary/aromatic N) is 1. The Morgan fingerprint density at radius 1 is 1.41 bits per heavy atom. The van der Waals surface area contributed by atoms with Gasteiger partial charge in [0.25, 0.3) is 0 Å². The molecule has 0 aliphatic heterocycles. The average Bonchev–Trinajstić information content (AvgIpc) is 2.54. The van der Waals surface area contributed by atoms with Gasteiger partial charge in [-0.3, -0.25) is 9.78 Å². The zero-order chi connectivity index (χ0) is 15.9. The Hall–Kier alpha value is -2.24. The fourth-order valence-corrected chi connectivity index (χ4v) is 1.85. The van der Waals surface area contributed by atoms with Crippen molar-refractivity contribution in [2.75, 3.05) is 6.54 Å². The number of carbonyl (C=O) groups is 1.